The van der Waals surface area contributed by atoms with E-state index in [0.29, 0.717) is 0 Å². The minimum Gasteiger partial charge on any atom is -0.478 e. The molecule has 1 amide bonds. The molecule has 1 aromatic heterocycles. The standard InChI is InChI=1S/C13H7Cl2FN2O3/c14-8-3-6(13(20)21)4-9(15)11(8)18-12(19)10-2-1-7(16)5-17-10/h1-5H,(H,18,19)(H,20,21). The summed E-state index contributed by atoms with van der Waals surface area (Å²) in [6.07, 6.45) is 0.894. The largest absolute Gasteiger partial charge is 0.478 e. The van der Waals surface area contributed by atoms with E-state index >= 15 is 0 Å². The van der Waals surface area contributed by atoms with Crippen LogP contribution in [0.2, 0.25) is 10.0 Å². The quantitative estimate of drug-likeness (QED) is 0.904. The van der Waals surface area contributed by atoms with Crippen molar-refractivity contribution in [1.82, 2.24) is 4.98 Å². The van der Waals surface area contributed by atoms with Gasteiger partial charge >= 0.3 is 5.97 Å². The molecule has 1 heterocycles. The van der Waals surface area contributed by atoms with Crippen LogP contribution in [-0.4, -0.2) is 22.0 Å². The van der Waals surface area contributed by atoms with Crippen molar-refractivity contribution in [1.29, 1.82) is 0 Å². The van der Waals surface area contributed by atoms with E-state index in [1.807, 2.05) is 0 Å². The number of anilines is 1. The van der Waals surface area contributed by atoms with Gasteiger partial charge < -0.3 is 10.4 Å². The SMILES string of the molecule is O=C(O)c1cc(Cl)c(NC(=O)c2ccc(F)cn2)c(Cl)c1. The number of amides is 1. The number of benzene rings is 1. The maximum absolute atomic E-state index is 12.7. The van der Waals surface area contributed by atoms with Crippen molar-refractivity contribution < 1.29 is 19.1 Å². The average Bonchev–Trinajstić information content (AvgIpc) is 2.43. The van der Waals surface area contributed by atoms with Gasteiger partial charge in [-0.15, -0.1) is 0 Å². The summed E-state index contributed by atoms with van der Waals surface area (Å²) in [5, 5.41) is 11.2. The predicted molar refractivity (Wildman–Crippen MR) is 75.6 cm³/mol. The Bertz CT molecular complexity index is 697. The van der Waals surface area contributed by atoms with Crippen molar-refractivity contribution >= 4 is 40.8 Å². The highest BCUT2D eigenvalue weighted by Crippen LogP contribution is 2.32. The number of carboxylic acids is 1. The van der Waals surface area contributed by atoms with Crippen LogP contribution in [-0.2, 0) is 0 Å². The molecule has 21 heavy (non-hydrogen) atoms. The van der Waals surface area contributed by atoms with Crippen molar-refractivity contribution in [2.24, 2.45) is 0 Å². The van der Waals surface area contributed by atoms with Crippen LogP contribution in [0.25, 0.3) is 0 Å². The third kappa shape index (κ3) is 3.48. The number of nitrogens with zero attached hydrogens (tertiary/aromatic N) is 1. The second-order valence-electron chi connectivity index (χ2n) is 3.94. The molecular formula is C13H7Cl2FN2O3. The number of hydrogen-bond acceptors (Lipinski definition) is 3. The number of pyridine rings is 1. The molecule has 0 unspecified atom stereocenters. The third-order valence-corrected chi connectivity index (χ3v) is 3.08. The van der Waals surface area contributed by atoms with E-state index in [1.54, 1.807) is 0 Å². The number of nitrogens with one attached hydrogen (secondary N) is 1. The topological polar surface area (TPSA) is 79.3 Å². The Balaban J connectivity index is 2.29. The first kappa shape index (κ1) is 15.2. The van der Waals surface area contributed by atoms with Gasteiger partial charge in [0.05, 0.1) is 27.5 Å². The molecule has 1 aromatic carbocycles. The normalized spacial score (nSPS) is 10.2. The number of halogens is 3. The van der Waals surface area contributed by atoms with Gasteiger partial charge in [-0.3, -0.25) is 4.79 Å². The van der Waals surface area contributed by atoms with Crippen LogP contribution in [0, 0.1) is 5.82 Å². The molecule has 108 valence electrons. The van der Waals surface area contributed by atoms with Gasteiger partial charge in [-0.05, 0) is 24.3 Å². The molecule has 0 saturated heterocycles. The predicted octanol–water partition coefficient (Wildman–Crippen LogP) is 3.48. The molecule has 2 N–H and O–H groups in total. The summed E-state index contributed by atoms with van der Waals surface area (Å²) in [5.74, 6) is -2.42. The average molecular weight is 329 g/mol. The molecule has 0 bridgehead atoms. The Morgan fingerprint density at radius 1 is 1.19 bits per heavy atom. The summed E-state index contributed by atoms with van der Waals surface area (Å²) in [5.41, 5.74) is -0.0896. The van der Waals surface area contributed by atoms with Crippen LogP contribution >= 0.6 is 23.2 Å². The number of rotatable bonds is 3. The van der Waals surface area contributed by atoms with E-state index < -0.39 is 17.7 Å². The third-order valence-electron chi connectivity index (χ3n) is 2.49. The second-order valence-corrected chi connectivity index (χ2v) is 4.75. The molecular weight excluding hydrogens is 322 g/mol. The summed E-state index contributed by atoms with van der Waals surface area (Å²) in [6, 6.07) is 4.59. The second kappa shape index (κ2) is 6.07. The maximum Gasteiger partial charge on any atom is 0.335 e. The molecule has 0 aliphatic heterocycles. The summed E-state index contributed by atoms with van der Waals surface area (Å²) in [4.78, 5) is 26.4. The zero-order valence-electron chi connectivity index (χ0n) is 10.2. The van der Waals surface area contributed by atoms with Gasteiger partial charge in [0, 0.05) is 0 Å². The zero-order chi connectivity index (χ0) is 15.6. The van der Waals surface area contributed by atoms with Gasteiger partial charge in [-0.1, -0.05) is 23.2 Å². The van der Waals surface area contributed by atoms with Crippen molar-refractivity contribution in [3.63, 3.8) is 0 Å². The van der Waals surface area contributed by atoms with E-state index in [1.165, 1.54) is 6.07 Å². The summed E-state index contributed by atoms with van der Waals surface area (Å²) < 4.78 is 12.7. The Morgan fingerprint density at radius 2 is 1.81 bits per heavy atom. The molecule has 0 spiro atoms. The number of carboxylic acid groups (broad SMARTS) is 1. The molecule has 0 fully saturated rings. The number of hydrogen-bond donors (Lipinski definition) is 2. The van der Waals surface area contributed by atoms with Gasteiger partial charge in [0.2, 0.25) is 0 Å². The first-order chi connectivity index (χ1) is 9.88. The smallest absolute Gasteiger partial charge is 0.335 e. The molecule has 5 nitrogen and oxygen atoms in total. The molecule has 8 heteroatoms. The molecule has 0 atom stereocenters. The number of aromatic nitrogens is 1. The summed E-state index contributed by atoms with van der Waals surface area (Å²) >= 11 is 11.8. The van der Waals surface area contributed by atoms with Crippen LogP contribution in [0.3, 0.4) is 0 Å². The van der Waals surface area contributed by atoms with Crippen LogP contribution < -0.4 is 5.32 Å². The minimum absolute atomic E-state index is 0.0321. The van der Waals surface area contributed by atoms with Crippen LogP contribution in [0.15, 0.2) is 30.5 Å². The molecule has 0 aliphatic carbocycles. The lowest BCUT2D eigenvalue weighted by Gasteiger charge is -2.10. The molecule has 0 aliphatic rings. The van der Waals surface area contributed by atoms with Gasteiger partial charge in [0.25, 0.3) is 5.91 Å². The fourth-order valence-electron chi connectivity index (χ4n) is 1.50. The van der Waals surface area contributed by atoms with Crippen molar-refractivity contribution in [2.45, 2.75) is 0 Å². The Kier molecular flexibility index (Phi) is 4.40. The maximum atomic E-state index is 12.7. The highest BCUT2D eigenvalue weighted by Gasteiger charge is 2.16. The lowest BCUT2D eigenvalue weighted by molar-refractivity contribution is 0.0696. The van der Waals surface area contributed by atoms with E-state index in [-0.39, 0.29) is 27.0 Å². The van der Waals surface area contributed by atoms with Crippen molar-refractivity contribution in [3.8, 4) is 0 Å². The highest BCUT2D eigenvalue weighted by molar-refractivity contribution is 6.40. The van der Waals surface area contributed by atoms with E-state index in [9.17, 15) is 14.0 Å². The summed E-state index contributed by atoms with van der Waals surface area (Å²) in [7, 11) is 0. The molecule has 0 radical (unpaired) electrons. The van der Waals surface area contributed by atoms with Crippen molar-refractivity contribution in [3.05, 3.63) is 57.6 Å². The zero-order valence-corrected chi connectivity index (χ0v) is 11.7. The molecule has 2 aromatic rings. The van der Waals surface area contributed by atoms with Crippen LogP contribution in [0.1, 0.15) is 20.8 Å². The van der Waals surface area contributed by atoms with E-state index in [0.717, 1.165) is 24.4 Å². The number of carbonyl (C=O) groups is 2. The van der Waals surface area contributed by atoms with Gasteiger partial charge in [0.1, 0.15) is 11.5 Å². The molecule has 2 rings (SSSR count). The number of carbonyl (C=O) groups excluding carboxylic acids is 1. The Labute approximate surface area is 128 Å². The first-order valence-corrected chi connectivity index (χ1v) is 6.29. The Morgan fingerprint density at radius 3 is 2.29 bits per heavy atom. The van der Waals surface area contributed by atoms with Gasteiger partial charge in [-0.25, -0.2) is 14.2 Å². The van der Waals surface area contributed by atoms with E-state index in [4.69, 9.17) is 28.3 Å². The van der Waals surface area contributed by atoms with Gasteiger partial charge in [-0.2, -0.15) is 0 Å². The summed E-state index contributed by atoms with van der Waals surface area (Å²) in [6.45, 7) is 0. The fraction of sp³-hybridized carbons (Fsp3) is 0. The minimum atomic E-state index is -1.20. The monoisotopic (exact) mass is 328 g/mol. The first-order valence-electron chi connectivity index (χ1n) is 5.53. The van der Waals surface area contributed by atoms with Crippen LogP contribution in [0.4, 0.5) is 10.1 Å². The van der Waals surface area contributed by atoms with Crippen LogP contribution in [0.5, 0.6) is 0 Å². The lowest BCUT2D eigenvalue weighted by atomic mass is 10.2. The highest BCUT2D eigenvalue weighted by atomic mass is 35.5. The number of aromatic carboxylic acids is 1. The fourth-order valence-corrected chi connectivity index (χ4v) is 2.09. The van der Waals surface area contributed by atoms with E-state index in [2.05, 4.69) is 10.3 Å². The lowest BCUT2D eigenvalue weighted by Crippen LogP contribution is -2.14. The Hall–Kier alpha value is -2.18. The molecule has 0 saturated carbocycles. The van der Waals surface area contributed by atoms with Crippen molar-refractivity contribution in [2.75, 3.05) is 5.32 Å². The van der Waals surface area contributed by atoms with Gasteiger partial charge in [0.15, 0.2) is 0 Å².